The molecule has 13 heavy (non-hydrogen) atoms. The zero-order valence-corrected chi connectivity index (χ0v) is 8.85. The van der Waals surface area contributed by atoms with Crippen molar-refractivity contribution in [2.24, 2.45) is 0 Å². The zero-order valence-electron chi connectivity index (χ0n) is 7.26. The highest BCUT2D eigenvalue weighted by Crippen LogP contribution is 2.24. The molecule has 0 saturated carbocycles. The number of hydrogen-bond donors (Lipinski definition) is 1. The van der Waals surface area contributed by atoms with Crippen LogP contribution in [0.2, 0.25) is 0 Å². The number of H-pyrrole nitrogens is 1. The Kier molecular flexibility index (Phi) is 1.96. The van der Waals surface area contributed by atoms with Gasteiger partial charge in [0.2, 0.25) is 0 Å². The van der Waals surface area contributed by atoms with Gasteiger partial charge in [-0.2, -0.15) is 5.10 Å². The second-order valence-electron chi connectivity index (χ2n) is 3.04. The summed E-state index contributed by atoms with van der Waals surface area (Å²) in [5.41, 5.74) is 2.96. The fourth-order valence-corrected chi connectivity index (χ4v) is 1.67. The van der Waals surface area contributed by atoms with Gasteiger partial charge in [0.25, 0.3) is 0 Å². The van der Waals surface area contributed by atoms with E-state index in [0.29, 0.717) is 0 Å². The molecule has 66 valence electrons. The number of aromatic nitrogens is 2. The minimum Gasteiger partial charge on any atom is -0.277 e. The quantitative estimate of drug-likeness (QED) is 0.809. The molecule has 2 aromatic rings. The number of benzene rings is 1. The van der Waals surface area contributed by atoms with E-state index in [1.165, 1.54) is 0 Å². The van der Waals surface area contributed by atoms with Crippen molar-refractivity contribution in [2.75, 3.05) is 0 Å². The molecule has 0 fully saturated rings. The number of halogens is 1. The molecule has 1 aromatic heterocycles. The lowest BCUT2D eigenvalue weighted by atomic mass is 10.1. The Morgan fingerprint density at radius 3 is 3.00 bits per heavy atom. The maximum Gasteiger partial charge on any atom is 0.0950 e. The first-order valence-corrected chi connectivity index (χ1v) is 4.77. The van der Waals surface area contributed by atoms with Crippen LogP contribution in [0.5, 0.6) is 0 Å². The van der Waals surface area contributed by atoms with Crippen LogP contribution in [0.3, 0.4) is 0 Å². The number of nitrogens with one attached hydrogen (secondary N) is 1. The number of hydrogen-bond acceptors (Lipinski definition) is 1. The molecule has 0 unspecified atom stereocenters. The first-order valence-electron chi connectivity index (χ1n) is 3.98. The van der Waals surface area contributed by atoms with Gasteiger partial charge < -0.3 is 0 Å². The van der Waals surface area contributed by atoms with Crippen molar-refractivity contribution in [1.29, 1.82) is 0 Å². The van der Waals surface area contributed by atoms with E-state index in [2.05, 4.69) is 32.7 Å². The van der Waals surface area contributed by atoms with Crippen molar-refractivity contribution < 1.29 is 0 Å². The normalized spacial score (nSPS) is 10.6. The third kappa shape index (κ3) is 1.40. The molecule has 0 saturated heterocycles. The standard InChI is InChI=1S/C10H9BrN2/c1-6(2)10-8-5-7(11)3-4-9(8)12-13-10/h3-5H,1H2,2H3,(H,12,13). The summed E-state index contributed by atoms with van der Waals surface area (Å²) >= 11 is 3.43. The van der Waals surface area contributed by atoms with E-state index in [1.807, 2.05) is 25.1 Å². The molecule has 3 heteroatoms. The Morgan fingerprint density at radius 1 is 1.54 bits per heavy atom. The lowest BCUT2D eigenvalue weighted by Crippen LogP contribution is -1.77. The van der Waals surface area contributed by atoms with Crippen molar-refractivity contribution in [1.82, 2.24) is 10.2 Å². The van der Waals surface area contributed by atoms with Gasteiger partial charge in [0, 0.05) is 9.86 Å². The van der Waals surface area contributed by atoms with Gasteiger partial charge in [-0.05, 0) is 30.7 Å². The van der Waals surface area contributed by atoms with Gasteiger partial charge in [0.05, 0.1) is 11.2 Å². The van der Waals surface area contributed by atoms with Crippen LogP contribution in [0.1, 0.15) is 12.6 Å². The average Bonchev–Trinajstić information content (AvgIpc) is 2.46. The van der Waals surface area contributed by atoms with Crippen molar-refractivity contribution in [3.8, 4) is 0 Å². The first-order chi connectivity index (χ1) is 6.18. The molecular weight excluding hydrogens is 228 g/mol. The molecule has 2 nitrogen and oxygen atoms in total. The summed E-state index contributed by atoms with van der Waals surface area (Å²) in [6, 6.07) is 6.03. The molecule has 0 aliphatic heterocycles. The minimum absolute atomic E-state index is 0.941. The Labute approximate surface area is 84.8 Å². The van der Waals surface area contributed by atoms with Gasteiger partial charge >= 0.3 is 0 Å². The summed E-state index contributed by atoms with van der Waals surface area (Å²) in [6.45, 7) is 5.83. The Balaban J connectivity index is 2.79. The number of aromatic amines is 1. The molecule has 0 aliphatic rings. The van der Waals surface area contributed by atoms with E-state index >= 15 is 0 Å². The van der Waals surface area contributed by atoms with Gasteiger partial charge in [-0.3, -0.25) is 5.10 Å². The van der Waals surface area contributed by atoms with Crippen molar-refractivity contribution >= 4 is 32.4 Å². The summed E-state index contributed by atoms with van der Waals surface area (Å²) in [5, 5.41) is 8.27. The highest BCUT2D eigenvalue weighted by molar-refractivity contribution is 9.10. The van der Waals surface area contributed by atoms with Crippen molar-refractivity contribution in [3.05, 3.63) is 34.9 Å². The number of rotatable bonds is 1. The van der Waals surface area contributed by atoms with E-state index in [1.54, 1.807) is 0 Å². The fourth-order valence-electron chi connectivity index (χ4n) is 1.31. The highest BCUT2D eigenvalue weighted by Gasteiger charge is 2.05. The molecule has 1 N–H and O–H groups in total. The molecule has 0 radical (unpaired) electrons. The molecule has 1 heterocycles. The monoisotopic (exact) mass is 236 g/mol. The maximum atomic E-state index is 4.19. The topological polar surface area (TPSA) is 28.7 Å². The van der Waals surface area contributed by atoms with Crippen LogP contribution in [-0.2, 0) is 0 Å². The first kappa shape index (κ1) is 8.51. The minimum atomic E-state index is 0.941. The molecule has 0 atom stereocenters. The van der Waals surface area contributed by atoms with E-state index in [9.17, 15) is 0 Å². The van der Waals surface area contributed by atoms with Crippen LogP contribution in [0, 0.1) is 0 Å². The smallest absolute Gasteiger partial charge is 0.0950 e. The molecular formula is C10H9BrN2. The maximum absolute atomic E-state index is 4.19. The Morgan fingerprint density at radius 2 is 2.31 bits per heavy atom. The molecule has 0 amide bonds. The van der Waals surface area contributed by atoms with Gasteiger partial charge in [0.15, 0.2) is 0 Å². The fraction of sp³-hybridized carbons (Fsp3) is 0.100. The summed E-state index contributed by atoms with van der Waals surface area (Å²) in [6.07, 6.45) is 0. The molecule has 2 rings (SSSR count). The third-order valence-electron chi connectivity index (χ3n) is 1.93. The van der Waals surface area contributed by atoms with Gasteiger partial charge in [0.1, 0.15) is 0 Å². The second kappa shape index (κ2) is 3.00. The lowest BCUT2D eigenvalue weighted by Gasteiger charge is -1.94. The van der Waals surface area contributed by atoms with Crippen molar-refractivity contribution in [3.63, 3.8) is 0 Å². The van der Waals surface area contributed by atoms with Crippen LogP contribution in [0.15, 0.2) is 29.3 Å². The summed E-state index contributed by atoms with van der Waals surface area (Å²) in [4.78, 5) is 0. The molecule has 0 spiro atoms. The van der Waals surface area contributed by atoms with Gasteiger partial charge in [-0.15, -0.1) is 0 Å². The average molecular weight is 237 g/mol. The predicted octanol–water partition coefficient (Wildman–Crippen LogP) is 3.36. The highest BCUT2D eigenvalue weighted by atomic mass is 79.9. The van der Waals surface area contributed by atoms with Crippen LogP contribution in [-0.4, -0.2) is 10.2 Å². The molecule has 0 bridgehead atoms. The van der Waals surface area contributed by atoms with E-state index in [-0.39, 0.29) is 0 Å². The third-order valence-corrected chi connectivity index (χ3v) is 2.42. The summed E-state index contributed by atoms with van der Waals surface area (Å²) < 4.78 is 1.06. The van der Waals surface area contributed by atoms with Crippen LogP contribution < -0.4 is 0 Å². The summed E-state index contributed by atoms with van der Waals surface area (Å²) in [5.74, 6) is 0. The summed E-state index contributed by atoms with van der Waals surface area (Å²) in [7, 11) is 0. The second-order valence-corrected chi connectivity index (χ2v) is 3.96. The molecule has 0 aliphatic carbocycles. The van der Waals surface area contributed by atoms with E-state index in [4.69, 9.17) is 0 Å². The van der Waals surface area contributed by atoms with Crippen LogP contribution in [0.25, 0.3) is 16.5 Å². The van der Waals surface area contributed by atoms with Crippen LogP contribution >= 0.6 is 15.9 Å². The Bertz CT molecular complexity index is 471. The van der Waals surface area contributed by atoms with E-state index < -0.39 is 0 Å². The predicted molar refractivity (Wildman–Crippen MR) is 58.5 cm³/mol. The van der Waals surface area contributed by atoms with E-state index in [0.717, 1.165) is 26.6 Å². The largest absolute Gasteiger partial charge is 0.277 e. The van der Waals surface area contributed by atoms with Gasteiger partial charge in [-0.1, -0.05) is 22.5 Å². The molecule has 1 aromatic carbocycles. The number of nitrogens with zero attached hydrogens (tertiary/aromatic N) is 1. The zero-order chi connectivity index (χ0) is 9.42. The van der Waals surface area contributed by atoms with Crippen LogP contribution in [0.4, 0.5) is 0 Å². The van der Waals surface area contributed by atoms with Crippen molar-refractivity contribution in [2.45, 2.75) is 6.92 Å². The number of allylic oxidation sites excluding steroid dienone is 1. The SMILES string of the molecule is C=C(C)c1n[nH]c2ccc(Br)cc12. The lowest BCUT2D eigenvalue weighted by molar-refractivity contribution is 1.10. The van der Waals surface area contributed by atoms with Gasteiger partial charge in [-0.25, -0.2) is 0 Å². The number of fused-ring (bicyclic) bond motifs is 1. The Hall–Kier alpha value is -1.09.